The Balaban J connectivity index is 1.83. The third kappa shape index (κ3) is 10.8. The molecule has 1 aliphatic heterocycles. The number of aliphatic hydroxyl groups excluding tert-OH is 1. The first-order chi connectivity index (χ1) is 22.0. The molecule has 0 radical (unpaired) electrons. The molecule has 1 aromatic rings. The van der Waals surface area contributed by atoms with Crippen LogP contribution in [0.2, 0.25) is 10.0 Å². The van der Waals surface area contributed by atoms with E-state index in [2.05, 4.69) is 15.6 Å². The van der Waals surface area contributed by atoms with E-state index >= 15 is 0 Å². The van der Waals surface area contributed by atoms with Gasteiger partial charge >= 0.3 is 10.4 Å². The lowest BCUT2D eigenvalue weighted by Gasteiger charge is -2.39. The maximum absolute atomic E-state index is 14.4. The van der Waals surface area contributed by atoms with Gasteiger partial charge in [0.05, 0.1) is 16.1 Å². The monoisotopic (exact) mass is 722 g/mol. The minimum atomic E-state index is -4.76. The fourth-order valence-electron chi connectivity index (χ4n) is 6.15. The summed E-state index contributed by atoms with van der Waals surface area (Å²) in [5.41, 5.74) is 11.1. The summed E-state index contributed by atoms with van der Waals surface area (Å²) in [5, 5.41) is 26.0. The Kier molecular flexibility index (Phi) is 13.9. The molecule has 1 saturated heterocycles. The lowest BCUT2D eigenvalue weighted by molar-refractivity contribution is -0.146. The number of nitrogens with zero attached hydrogens (tertiary/aromatic N) is 2. The Morgan fingerprint density at radius 1 is 1.15 bits per heavy atom. The van der Waals surface area contributed by atoms with Gasteiger partial charge < -0.3 is 37.2 Å². The molecule has 3 amide bonds. The molecule has 0 unspecified atom stereocenters. The summed E-state index contributed by atoms with van der Waals surface area (Å²) in [6.07, 6.45) is -0.0214. The normalized spacial score (nSPS) is 22.9. The van der Waals surface area contributed by atoms with Crippen LogP contribution in [0.4, 0.5) is 0 Å². The van der Waals surface area contributed by atoms with Crippen LogP contribution in [0.1, 0.15) is 64.4 Å². The second-order valence-electron chi connectivity index (χ2n) is 12.1. The average Bonchev–Trinajstić information content (AvgIpc) is 3.37. The molecule has 1 aromatic carbocycles. The summed E-state index contributed by atoms with van der Waals surface area (Å²) in [7, 11) is -4.76. The topological polar surface area (TPSA) is 247 Å². The number of aliphatic imine (C=N–C) groups is 1. The van der Waals surface area contributed by atoms with Crippen molar-refractivity contribution in [2.75, 3.05) is 13.1 Å². The number of hydrogen-bond donors (Lipinski definition) is 7. The number of hydrogen-bond acceptors (Lipinski definition) is 9. The molecular formula is C29H44Cl2N6O9S. The van der Waals surface area contributed by atoms with Crippen molar-refractivity contribution in [1.29, 1.82) is 0 Å². The first kappa shape index (κ1) is 38.6. The maximum Gasteiger partial charge on any atom is 0.397 e. The van der Waals surface area contributed by atoms with Crippen LogP contribution in [0.5, 0.6) is 5.75 Å². The highest BCUT2D eigenvalue weighted by Crippen LogP contribution is 2.42. The standard InChI is InChI=1S/C29H44Cl2N6O9S/c1-3-15(2)24(36-27(41)23(38)12-16-10-19(30)25(39)20(31)11-16)28(42)37-21-14-18(46-47(43,44)45)7-6-17(21)13-22(37)26(40)34-8-4-5-9-35-29(32)33/h10-11,15,17-18,21-24,38-39H,3-9,12-14H2,1-2H3,(H,34,40)(H,36,41)(H4,32,33,35)(H,43,44,45)/t15-,17+,18-,21+,22+,23-,24-/m1/s1. The van der Waals surface area contributed by atoms with Crippen LogP contribution in [-0.2, 0) is 35.4 Å². The van der Waals surface area contributed by atoms with Crippen molar-refractivity contribution in [2.24, 2.45) is 28.3 Å². The number of benzene rings is 1. The molecule has 2 fully saturated rings. The van der Waals surface area contributed by atoms with E-state index in [9.17, 15) is 37.6 Å². The Hall–Kier alpha value is -2.89. The number of fused-ring (bicyclic) bond motifs is 1. The zero-order valence-electron chi connectivity index (χ0n) is 26.3. The van der Waals surface area contributed by atoms with E-state index in [1.165, 1.54) is 17.0 Å². The zero-order chi connectivity index (χ0) is 35.1. The zero-order valence-corrected chi connectivity index (χ0v) is 28.6. The number of nitrogens with one attached hydrogen (secondary N) is 2. The van der Waals surface area contributed by atoms with E-state index in [1.54, 1.807) is 6.92 Å². The van der Waals surface area contributed by atoms with Gasteiger partial charge in [-0.05, 0) is 68.1 Å². The SMILES string of the molecule is CC[C@@H](C)[C@@H](NC(=O)[C@H](O)Cc1cc(Cl)c(O)c(Cl)c1)C(=O)N1[C@H](C(=O)NCCCCN=C(N)N)C[C@@H]2CC[C@@H](OS(=O)(=O)O)C[C@@H]21. The van der Waals surface area contributed by atoms with E-state index in [4.69, 9.17) is 38.9 Å². The number of unbranched alkanes of at least 4 members (excludes halogenated alkanes) is 1. The van der Waals surface area contributed by atoms with Gasteiger partial charge in [0.1, 0.15) is 18.2 Å². The van der Waals surface area contributed by atoms with Gasteiger partial charge in [-0.15, -0.1) is 0 Å². The van der Waals surface area contributed by atoms with E-state index < -0.39 is 64.4 Å². The number of carbonyl (C=O) groups excluding carboxylic acids is 3. The third-order valence-electron chi connectivity index (χ3n) is 8.71. The summed E-state index contributed by atoms with van der Waals surface area (Å²) in [4.78, 5) is 46.5. The lowest BCUT2D eigenvalue weighted by Crippen LogP contribution is -2.59. The summed E-state index contributed by atoms with van der Waals surface area (Å²) in [6, 6.07) is 0.0357. The molecule has 1 heterocycles. The summed E-state index contributed by atoms with van der Waals surface area (Å²) >= 11 is 12.0. The van der Waals surface area contributed by atoms with Crippen molar-refractivity contribution in [2.45, 2.75) is 95.5 Å². The van der Waals surface area contributed by atoms with Gasteiger partial charge in [0.2, 0.25) is 17.7 Å². The molecule has 0 bridgehead atoms. The first-order valence-corrected chi connectivity index (χ1v) is 17.6. The highest BCUT2D eigenvalue weighted by Gasteiger charge is 2.51. The largest absolute Gasteiger partial charge is 0.505 e. The molecule has 2 aliphatic rings. The van der Waals surface area contributed by atoms with Crippen molar-refractivity contribution in [3.05, 3.63) is 27.7 Å². The quantitative estimate of drug-likeness (QED) is 0.0588. The predicted octanol–water partition coefficient (Wildman–Crippen LogP) is 1.26. The van der Waals surface area contributed by atoms with Crippen molar-refractivity contribution < 1.29 is 41.8 Å². The molecule has 264 valence electrons. The van der Waals surface area contributed by atoms with Crippen LogP contribution in [0, 0.1) is 11.8 Å². The Labute approximate surface area is 284 Å². The third-order valence-corrected chi connectivity index (χ3v) is 9.80. The fourth-order valence-corrected chi connectivity index (χ4v) is 7.20. The van der Waals surface area contributed by atoms with Gasteiger partial charge in [0.25, 0.3) is 0 Å². The van der Waals surface area contributed by atoms with E-state index in [0.29, 0.717) is 57.2 Å². The van der Waals surface area contributed by atoms with Gasteiger partial charge in [0, 0.05) is 25.6 Å². The number of amides is 3. The van der Waals surface area contributed by atoms with Crippen LogP contribution >= 0.6 is 23.2 Å². The van der Waals surface area contributed by atoms with Gasteiger partial charge in [-0.2, -0.15) is 8.42 Å². The Bertz CT molecular complexity index is 1410. The molecule has 15 nitrogen and oxygen atoms in total. The number of halogens is 2. The second kappa shape index (κ2) is 17.0. The van der Waals surface area contributed by atoms with Crippen LogP contribution < -0.4 is 22.1 Å². The van der Waals surface area contributed by atoms with Crippen molar-refractivity contribution in [1.82, 2.24) is 15.5 Å². The number of carbonyl (C=O) groups is 3. The number of likely N-dealkylation sites (tertiary alicyclic amines) is 1. The molecule has 0 spiro atoms. The Morgan fingerprint density at radius 3 is 2.40 bits per heavy atom. The average molecular weight is 724 g/mol. The first-order valence-electron chi connectivity index (χ1n) is 15.5. The maximum atomic E-state index is 14.4. The number of rotatable bonds is 15. The van der Waals surface area contributed by atoms with Crippen molar-refractivity contribution in [3.8, 4) is 5.75 Å². The van der Waals surface area contributed by atoms with Gasteiger partial charge in [-0.1, -0.05) is 43.5 Å². The number of nitrogens with two attached hydrogens (primary N) is 2. The van der Waals surface area contributed by atoms with Crippen molar-refractivity contribution >= 4 is 57.3 Å². The molecule has 1 aliphatic carbocycles. The van der Waals surface area contributed by atoms with Gasteiger partial charge in [-0.3, -0.25) is 23.9 Å². The van der Waals surface area contributed by atoms with Crippen LogP contribution in [0.15, 0.2) is 17.1 Å². The Morgan fingerprint density at radius 2 is 1.81 bits per heavy atom. The number of phenols is 1. The minimum absolute atomic E-state index is 0.0300. The second-order valence-corrected chi connectivity index (χ2v) is 14.0. The summed E-state index contributed by atoms with van der Waals surface area (Å²) in [5.74, 6) is -2.78. The van der Waals surface area contributed by atoms with E-state index in [0.717, 1.165) is 0 Å². The summed E-state index contributed by atoms with van der Waals surface area (Å²) in [6.45, 7) is 4.26. The lowest BCUT2D eigenvalue weighted by atomic mass is 9.83. The molecule has 0 aromatic heterocycles. The summed E-state index contributed by atoms with van der Waals surface area (Å²) < 4.78 is 37.1. The van der Waals surface area contributed by atoms with E-state index in [-0.39, 0.29) is 40.5 Å². The molecule has 1 saturated carbocycles. The number of phenolic OH excluding ortho intramolecular Hbond substituents is 1. The molecule has 9 N–H and O–H groups in total. The molecular weight excluding hydrogens is 679 g/mol. The minimum Gasteiger partial charge on any atom is -0.505 e. The van der Waals surface area contributed by atoms with Crippen LogP contribution in [-0.4, -0.2) is 95.2 Å². The number of aliphatic hydroxyl groups is 1. The number of guanidine groups is 1. The smallest absolute Gasteiger partial charge is 0.397 e. The predicted molar refractivity (Wildman–Crippen MR) is 175 cm³/mol. The fraction of sp³-hybridized carbons (Fsp3) is 0.655. The van der Waals surface area contributed by atoms with Gasteiger partial charge in [-0.25, -0.2) is 4.18 Å². The highest BCUT2D eigenvalue weighted by atomic mass is 35.5. The number of aromatic hydroxyl groups is 1. The van der Waals surface area contributed by atoms with Crippen LogP contribution in [0.25, 0.3) is 0 Å². The molecule has 3 rings (SSSR count). The molecule has 18 heteroatoms. The van der Waals surface area contributed by atoms with E-state index in [1.807, 2.05) is 6.92 Å². The molecule has 47 heavy (non-hydrogen) atoms. The highest BCUT2D eigenvalue weighted by molar-refractivity contribution is 7.80. The molecule has 7 atom stereocenters. The van der Waals surface area contributed by atoms with Crippen molar-refractivity contribution in [3.63, 3.8) is 0 Å². The van der Waals surface area contributed by atoms with Gasteiger partial charge in [0.15, 0.2) is 11.7 Å². The van der Waals surface area contributed by atoms with Crippen LogP contribution in [0.3, 0.4) is 0 Å².